The summed E-state index contributed by atoms with van der Waals surface area (Å²) in [5.41, 5.74) is 2.38. The topological polar surface area (TPSA) is 43.4 Å². The van der Waals surface area contributed by atoms with Crippen molar-refractivity contribution in [2.45, 2.75) is 47.0 Å². The molecule has 3 nitrogen and oxygen atoms in total. The van der Waals surface area contributed by atoms with Crippen molar-refractivity contribution in [3.63, 3.8) is 0 Å². The van der Waals surface area contributed by atoms with Crippen LogP contribution in [0, 0.1) is 19.8 Å². The summed E-state index contributed by atoms with van der Waals surface area (Å²) in [6.45, 7) is 7.70. The van der Waals surface area contributed by atoms with Crippen molar-refractivity contribution in [1.82, 2.24) is 0 Å². The molecule has 20 heavy (non-hydrogen) atoms. The minimum Gasteiger partial charge on any atom is -0.493 e. The fourth-order valence-electron chi connectivity index (χ4n) is 2.21. The first-order valence-electron chi connectivity index (χ1n) is 7.13. The fraction of sp³-hybridized carbons (Fsp3) is 0.529. The van der Waals surface area contributed by atoms with E-state index in [2.05, 4.69) is 13.0 Å². The highest BCUT2D eigenvalue weighted by Gasteiger charge is 2.18. The van der Waals surface area contributed by atoms with Gasteiger partial charge in [-0.2, -0.15) is 0 Å². The normalized spacial score (nSPS) is 10.7. The molecule has 1 rings (SSSR count). The maximum absolute atomic E-state index is 11.3. The second-order valence-electron chi connectivity index (χ2n) is 5.32. The number of carbonyl (C=O) groups excluding carboxylic acids is 2. The molecule has 0 unspecified atom stereocenters. The number of carbonyl (C=O) groups is 2. The molecule has 0 aliphatic rings. The summed E-state index contributed by atoms with van der Waals surface area (Å²) in [7, 11) is 0. The van der Waals surface area contributed by atoms with Crippen molar-refractivity contribution in [3.8, 4) is 5.75 Å². The lowest BCUT2D eigenvalue weighted by molar-refractivity contribution is -0.130. The summed E-state index contributed by atoms with van der Waals surface area (Å²) in [5.74, 6) is 0.413. The van der Waals surface area contributed by atoms with E-state index in [0.717, 1.165) is 24.2 Å². The molecular formula is C17H24O3. The van der Waals surface area contributed by atoms with E-state index >= 15 is 0 Å². The Balaban J connectivity index is 2.33. The Hall–Kier alpha value is -1.64. The predicted molar refractivity (Wildman–Crippen MR) is 80.1 cm³/mol. The van der Waals surface area contributed by atoms with Gasteiger partial charge in [-0.05, 0) is 64.2 Å². The van der Waals surface area contributed by atoms with Crippen molar-refractivity contribution in [2.24, 2.45) is 5.92 Å². The molecule has 0 spiro atoms. The summed E-state index contributed by atoms with van der Waals surface area (Å²) in [4.78, 5) is 22.6. The molecule has 0 heterocycles. The second-order valence-corrected chi connectivity index (χ2v) is 5.32. The second kappa shape index (κ2) is 7.83. The Morgan fingerprint density at radius 1 is 1.10 bits per heavy atom. The monoisotopic (exact) mass is 276 g/mol. The van der Waals surface area contributed by atoms with Gasteiger partial charge in [0.05, 0.1) is 12.5 Å². The standard InChI is InChI=1S/C17H24O3/c1-12-8-7-10-17(13(12)2)20-11-6-5-9-16(14(3)18)15(4)19/h7-8,10,16H,5-6,9,11H2,1-4H3. The molecule has 0 amide bonds. The number of ether oxygens (including phenoxy) is 1. The van der Waals surface area contributed by atoms with Crippen LogP contribution in [0.4, 0.5) is 0 Å². The van der Waals surface area contributed by atoms with E-state index in [-0.39, 0.29) is 11.6 Å². The first-order chi connectivity index (χ1) is 9.43. The van der Waals surface area contributed by atoms with Gasteiger partial charge in [-0.1, -0.05) is 12.1 Å². The van der Waals surface area contributed by atoms with Crippen molar-refractivity contribution in [1.29, 1.82) is 0 Å². The Labute approximate surface area is 121 Å². The molecule has 0 fully saturated rings. The molecule has 0 aliphatic carbocycles. The van der Waals surface area contributed by atoms with Crippen LogP contribution in [-0.4, -0.2) is 18.2 Å². The van der Waals surface area contributed by atoms with Gasteiger partial charge in [0.1, 0.15) is 17.3 Å². The molecule has 1 aromatic rings. The van der Waals surface area contributed by atoms with Gasteiger partial charge < -0.3 is 4.74 Å². The highest BCUT2D eigenvalue weighted by molar-refractivity contribution is 6.00. The molecule has 0 N–H and O–H groups in total. The van der Waals surface area contributed by atoms with Crippen molar-refractivity contribution in [2.75, 3.05) is 6.61 Å². The molecule has 0 radical (unpaired) electrons. The SMILES string of the molecule is CC(=O)C(CCCCOc1cccc(C)c1C)C(C)=O. The third-order valence-electron chi connectivity index (χ3n) is 3.68. The Bertz CT molecular complexity index is 463. The maximum atomic E-state index is 11.3. The van der Waals surface area contributed by atoms with Gasteiger partial charge >= 0.3 is 0 Å². The van der Waals surface area contributed by atoms with Crippen molar-refractivity contribution >= 4 is 11.6 Å². The zero-order valence-electron chi connectivity index (χ0n) is 12.9. The van der Waals surface area contributed by atoms with E-state index in [4.69, 9.17) is 4.74 Å². The van der Waals surface area contributed by atoms with Gasteiger partial charge in [-0.25, -0.2) is 0 Å². The molecule has 0 aliphatic heterocycles. The Morgan fingerprint density at radius 3 is 2.35 bits per heavy atom. The van der Waals surface area contributed by atoms with E-state index in [1.54, 1.807) is 0 Å². The summed E-state index contributed by atoms with van der Waals surface area (Å²) in [6.07, 6.45) is 2.31. The van der Waals surface area contributed by atoms with E-state index < -0.39 is 5.92 Å². The van der Waals surface area contributed by atoms with Gasteiger partial charge in [0.2, 0.25) is 0 Å². The van der Waals surface area contributed by atoms with Crippen LogP contribution in [0.15, 0.2) is 18.2 Å². The molecule has 110 valence electrons. The summed E-state index contributed by atoms with van der Waals surface area (Å²) < 4.78 is 5.75. The van der Waals surface area contributed by atoms with Gasteiger partial charge in [0.25, 0.3) is 0 Å². The van der Waals surface area contributed by atoms with Gasteiger partial charge in [0, 0.05) is 0 Å². The summed E-state index contributed by atoms with van der Waals surface area (Å²) in [5, 5.41) is 0. The lowest BCUT2D eigenvalue weighted by Gasteiger charge is -2.12. The third-order valence-corrected chi connectivity index (χ3v) is 3.68. The number of ketones is 2. The number of hydrogen-bond acceptors (Lipinski definition) is 3. The van der Waals surface area contributed by atoms with Crippen molar-refractivity contribution in [3.05, 3.63) is 29.3 Å². The average Bonchev–Trinajstić information content (AvgIpc) is 2.37. The van der Waals surface area contributed by atoms with Crippen LogP contribution < -0.4 is 4.74 Å². The van der Waals surface area contributed by atoms with Crippen LogP contribution in [0.3, 0.4) is 0 Å². The van der Waals surface area contributed by atoms with Gasteiger partial charge in [0.15, 0.2) is 0 Å². The average molecular weight is 276 g/mol. The first kappa shape index (κ1) is 16.4. The number of benzene rings is 1. The zero-order valence-corrected chi connectivity index (χ0v) is 12.9. The molecule has 0 atom stereocenters. The Morgan fingerprint density at radius 2 is 1.75 bits per heavy atom. The van der Waals surface area contributed by atoms with Gasteiger partial charge in [-0.15, -0.1) is 0 Å². The molecule has 0 saturated heterocycles. The number of Topliss-reactive ketones (excluding diaryl/α,β-unsaturated/α-hetero) is 2. The predicted octanol–water partition coefficient (Wildman–Crippen LogP) is 3.65. The zero-order chi connectivity index (χ0) is 15.1. The van der Waals surface area contributed by atoms with Crippen LogP contribution in [0.1, 0.15) is 44.2 Å². The van der Waals surface area contributed by atoms with E-state index in [1.165, 1.54) is 19.4 Å². The minimum absolute atomic E-state index is 0.0343. The highest BCUT2D eigenvalue weighted by atomic mass is 16.5. The number of unbranched alkanes of at least 4 members (excludes halogenated alkanes) is 1. The molecular weight excluding hydrogens is 252 g/mol. The van der Waals surface area contributed by atoms with Gasteiger partial charge in [-0.3, -0.25) is 9.59 Å². The Kier molecular flexibility index (Phi) is 6.43. The first-order valence-corrected chi connectivity index (χ1v) is 7.13. The largest absolute Gasteiger partial charge is 0.493 e. The quantitative estimate of drug-likeness (QED) is 0.537. The molecule has 1 aromatic carbocycles. The van der Waals surface area contributed by atoms with E-state index in [0.29, 0.717) is 13.0 Å². The summed E-state index contributed by atoms with van der Waals surface area (Å²) >= 11 is 0. The minimum atomic E-state index is -0.435. The number of rotatable bonds is 8. The fourth-order valence-corrected chi connectivity index (χ4v) is 2.21. The van der Waals surface area contributed by atoms with Crippen LogP contribution in [-0.2, 0) is 9.59 Å². The maximum Gasteiger partial charge on any atom is 0.140 e. The molecule has 0 bridgehead atoms. The lowest BCUT2D eigenvalue weighted by Crippen LogP contribution is -2.19. The van der Waals surface area contributed by atoms with Crippen LogP contribution >= 0.6 is 0 Å². The molecule has 0 aromatic heterocycles. The van der Waals surface area contributed by atoms with E-state index in [9.17, 15) is 9.59 Å². The smallest absolute Gasteiger partial charge is 0.140 e. The van der Waals surface area contributed by atoms with E-state index in [1.807, 2.05) is 19.1 Å². The molecule has 3 heteroatoms. The highest BCUT2D eigenvalue weighted by Crippen LogP contribution is 2.21. The number of hydrogen-bond donors (Lipinski definition) is 0. The molecule has 0 saturated carbocycles. The number of aryl methyl sites for hydroxylation is 1. The third kappa shape index (κ3) is 4.80. The summed E-state index contributed by atoms with van der Waals surface area (Å²) in [6, 6.07) is 6.02. The van der Waals surface area contributed by atoms with Crippen molar-refractivity contribution < 1.29 is 14.3 Å². The van der Waals surface area contributed by atoms with Crippen LogP contribution in [0.25, 0.3) is 0 Å². The van der Waals surface area contributed by atoms with Crippen LogP contribution in [0.2, 0.25) is 0 Å². The van der Waals surface area contributed by atoms with Crippen LogP contribution in [0.5, 0.6) is 5.75 Å². The lowest BCUT2D eigenvalue weighted by atomic mass is 9.94.